The predicted molar refractivity (Wildman–Crippen MR) is 127 cm³/mol. The monoisotopic (exact) mass is 419 g/mol. The van der Waals surface area contributed by atoms with Crippen molar-refractivity contribution in [3.05, 3.63) is 109 Å². The van der Waals surface area contributed by atoms with Crippen molar-refractivity contribution in [3.63, 3.8) is 0 Å². The molecule has 0 aliphatic heterocycles. The summed E-state index contributed by atoms with van der Waals surface area (Å²) in [5.41, 5.74) is 3.59. The molecule has 1 heterocycles. The summed E-state index contributed by atoms with van der Waals surface area (Å²) in [6, 6.07) is 32.9. The van der Waals surface area contributed by atoms with Crippen LogP contribution in [0.1, 0.15) is 5.56 Å². The Balaban J connectivity index is 1.52. The zero-order valence-electron chi connectivity index (χ0n) is 17.3. The van der Waals surface area contributed by atoms with Gasteiger partial charge in [-0.2, -0.15) is 4.98 Å². The summed E-state index contributed by atoms with van der Waals surface area (Å²) < 4.78 is 6.01. The van der Waals surface area contributed by atoms with Gasteiger partial charge in [0.15, 0.2) is 0 Å². The first-order valence-electron chi connectivity index (χ1n) is 10.4. The van der Waals surface area contributed by atoms with Gasteiger partial charge in [0.2, 0.25) is 11.8 Å². The Morgan fingerprint density at radius 1 is 0.719 bits per heavy atom. The van der Waals surface area contributed by atoms with E-state index in [1.54, 1.807) is 6.07 Å². The summed E-state index contributed by atoms with van der Waals surface area (Å²) in [6.45, 7) is 0.410. The number of hydrogen-bond acceptors (Lipinski definition) is 5. The highest BCUT2D eigenvalue weighted by Gasteiger charge is 2.11. The standard InChI is InChI=1S/C27H21N3O2/c31-25-16-8-13-21-22(25)14-7-15-23(21)28-27-29-24(20-11-5-2-6-12-20)17-26(30-27)32-18-19-9-3-1-4-10-19/h1-17,31H,18H2,(H,28,29,30). The molecule has 2 N–H and O–H groups in total. The van der Waals surface area contributed by atoms with Gasteiger partial charge in [-0.3, -0.25) is 0 Å². The number of rotatable bonds is 6. The van der Waals surface area contributed by atoms with Gasteiger partial charge in [0.25, 0.3) is 0 Å². The second kappa shape index (κ2) is 8.78. The van der Waals surface area contributed by atoms with E-state index in [0.717, 1.165) is 33.3 Å². The Morgan fingerprint density at radius 2 is 1.44 bits per heavy atom. The Kier molecular flexibility index (Phi) is 5.37. The third kappa shape index (κ3) is 4.23. The van der Waals surface area contributed by atoms with Gasteiger partial charge < -0.3 is 15.2 Å². The molecular formula is C27H21N3O2. The molecule has 0 fully saturated rings. The maximum atomic E-state index is 10.2. The number of phenolic OH excluding ortho intramolecular Hbond substituents is 1. The SMILES string of the molecule is Oc1cccc2c(Nc3nc(OCc4ccccc4)cc(-c4ccccc4)n3)cccc12. The fraction of sp³-hybridized carbons (Fsp3) is 0.0370. The van der Waals surface area contributed by atoms with Crippen molar-refractivity contribution in [2.24, 2.45) is 0 Å². The molecule has 5 heteroatoms. The smallest absolute Gasteiger partial charge is 0.231 e. The van der Waals surface area contributed by atoms with Gasteiger partial charge in [-0.15, -0.1) is 0 Å². The zero-order chi connectivity index (χ0) is 21.8. The minimum atomic E-state index is 0.233. The van der Waals surface area contributed by atoms with Crippen LogP contribution in [0.15, 0.2) is 103 Å². The van der Waals surface area contributed by atoms with Crippen molar-refractivity contribution in [2.45, 2.75) is 6.61 Å². The van der Waals surface area contributed by atoms with Crippen LogP contribution in [0.25, 0.3) is 22.0 Å². The Morgan fingerprint density at radius 3 is 2.25 bits per heavy atom. The van der Waals surface area contributed by atoms with E-state index >= 15 is 0 Å². The van der Waals surface area contributed by atoms with Crippen molar-refractivity contribution in [1.82, 2.24) is 9.97 Å². The normalized spacial score (nSPS) is 10.8. The number of hydrogen-bond donors (Lipinski definition) is 2. The molecule has 0 aliphatic carbocycles. The van der Waals surface area contributed by atoms with Gasteiger partial charge in [0.05, 0.1) is 5.69 Å². The number of nitrogens with one attached hydrogen (secondary N) is 1. The highest BCUT2D eigenvalue weighted by Crippen LogP contribution is 2.32. The number of ether oxygens (including phenoxy) is 1. The van der Waals surface area contributed by atoms with Crippen LogP contribution in [0.2, 0.25) is 0 Å². The van der Waals surface area contributed by atoms with E-state index in [0.29, 0.717) is 18.4 Å². The maximum absolute atomic E-state index is 10.2. The predicted octanol–water partition coefficient (Wildman–Crippen LogP) is 6.33. The second-order valence-electron chi connectivity index (χ2n) is 7.36. The Labute approximate surface area is 186 Å². The number of aromatic nitrogens is 2. The van der Waals surface area contributed by atoms with Crippen LogP contribution in [0, 0.1) is 0 Å². The lowest BCUT2D eigenvalue weighted by atomic mass is 10.1. The van der Waals surface area contributed by atoms with Crippen LogP contribution in [-0.4, -0.2) is 15.1 Å². The van der Waals surface area contributed by atoms with E-state index in [1.807, 2.05) is 97.1 Å². The average molecular weight is 419 g/mol. The van der Waals surface area contributed by atoms with E-state index in [9.17, 15) is 5.11 Å². The molecule has 0 aliphatic rings. The average Bonchev–Trinajstić information content (AvgIpc) is 2.85. The first-order valence-corrected chi connectivity index (χ1v) is 10.4. The van der Waals surface area contributed by atoms with Gasteiger partial charge in [0.1, 0.15) is 12.4 Å². The van der Waals surface area contributed by atoms with E-state index in [1.165, 1.54) is 0 Å². The topological polar surface area (TPSA) is 67.3 Å². The second-order valence-corrected chi connectivity index (χ2v) is 7.36. The molecule has 0 saturated carbocycles. The van der Waals surface area contributed by atoms with Crippen molar-refractivity contribution in [1.29, 1.82) is 0 Å². The molecule has 4 aromatic carbocycles. The van der Waals surface area contributed by atoms with Gasteiger partial charge in [0, 0.05) is 28.1 Å². The van der Waals surface area contributed by atoms with Crippen molar-refractivity contribution >= 4 is 22.4 Å². The summed E-state index contributed by atoms with van der Waals surface area (Å²) in [7, 11) is 0. The summed E-state index contributed by atoms with van der Waals surface area (Å²) in [5, 5.41) is 15.2. The zero-order valence-corrected chi connectivity index (χ0v) is 17.3. The number of fused-ring (bicyclic) bond motifs is 1. The van der Waals surface area contributed by atoms with Crippen molar-refractivity contribution < 1.29 is 9.84 Å². The molecule has 5 aromatic rings. The molecule has 0 bridgehead atoms. The number of nitrogens with zero attached hydrogens (tertiary/aromatic N) is 2. The third-order valence-corrected chi connectivity index (χ3v) is 5.15. The lowest BCUT2D eigenvalue weighted by Gasteiger charge is -2.13. The maximum Gasteiger partial charge on any atom is 0.231 e. The summed E-state index contributed by atoms with van der Waals surface area (Å²) in [4.78, 5) is 9.31. The molecule has 0 saturated heterocycles. The first kappa shape index (κ1) is 19.6. The summed E-state index contributed by atoms with van der Waals surface area (Å²) in [6.07, 6.45) is 0. The van der Waals surface area contributed by atoms with Gasteiger partial charge >= 0.3 is 0 Å². The molecule has 1 aromatic heterocycles. The molecule has 0 amide bonds. The fourth-order valence-corrected chi connectivity index (χ4v) is 3.57. The number of phenols is 1. The molecule has 32 heavy (non-hydrogen) atoms. The van der Waals surface area contributed by atoms with Crippen molar-refractivity contribution in [3.8, 4) is 22.9 Å². The molecule has 0 spiro atoms. The first-order chi connectivity index (χ1) is 15.8. The highest BCUT2D eigenvalue weighted by molar-refractivity contribution is 5.98. The van der Waals surface area contributed by atoms with Crippen LogP contribution in [-0.2, 0) is 6.61 Å². The number of anilines is 2. The molecule has 0 radical (unpaired) electrons. The molecule has 5 nitrogen and oxygen atoms in total. The Hall–Kier alpha value is -4.38. The molecule has 156 valence electrons. The molecule has 5 rings (SSSR count). The lowest BCUT2D eigenvalue weighted by molar-refractivity contribution is 0.294. The summed E-state index contributed by atoms with van der Waals surface area (Å²) in [5.74, 6) is 1.13. The van der Waals surface area contributed by atoms with Crippen LogP contribution in [0.3, 0.4) is 0 Å². The largest absolute Gasteiger partial charge is 0.507 e. The van der Waals surface area contributed by atoms with Gasteiger partial charge in [-0.25, -0.2) is 4.98 Å². The molecule has 0 atom stereocenters. The number of benzene rings is 4. The van der Waals surface area contributed by atoms with E-state index in [4.69, 9.17) is 9.72 Å². The van der Waals surface area contributed by atoms with Crippen LogP contribution in [0.4, 0.5) is 11.6 Å². The van der Waals surface area contributed by atoms with Gasteiger partial charge in [-0.05, 0) is 17.7 Å². The summed E-state index contributed by atoms with van der Waals surface area (Å²) >= 11 is 0. The fourth-order valence-electron chi connectivity index (χ4n) is 3.57. The molecule has 0 unspecified atom stereocenters. The van der Waals surface area contributed by atoms with E-state index < -0.39 is 0 Å². The van der Waals surface area contributed by atoms with Crippen LogP contribution >= 0.6 is 0 Å². The lowest BCUT2D eigenvalue weighted by Crippen LogP contribution is -2.03. The highest BCUT2D eigenvalue weighted by atomic mass is 16.5. The van der Waals surface area contributed by atoms with Gasteiger partial charge in [-0.1, -0.05) is 84.9 Å². The minimum absolute atomic E-state index is 0.233. The van der Waals surface area contributed by atoms with Crippen LogP contribution < -0.4 is 10.1 Å². The number of aromatic hydroxyl groups is 1. The van der Waals surface area contributed by atoms with Crippen LogP contribution in [0.5, 0.6) is 11.6 Å². The minimum Gasteiger partial charge on any atom is -0.507 e. The Bertz CT molecular complexity index is 1360. The molecular weight excluding hydrogens is 398 g/mol. The van der Waals surface area contributed by atoms with Crippen molar-refractivity contribution in [2.75, 3.05) is 5.32 Å². The van der Waals surface area contributed by atoms with E-state index in [-0.39, 0.29) is 5.75 Å². The third-order valence-electron chi connectivity index (χ3n) is 5.15. The quantitative estimate of drug-likeness (QED) is 0.337. The van der Waals surface area contributed by atoms with E-state index in [2.05, 4.69) is 10.3 Å².